The lowest BCUT2D eigenvalue weighted by Crippen LogP contribution is -2.36. The van der Waals surface area contributed by atoms with Gasteiger partial charge in [0, 0.05) is 24.3 Å². The number of ether oxygens (including phenoxy) is 1. The third-order valence-corrected chi connectivity index (χ3v) is 3.99. The number of hydrogen-bond donors (Lipinski definition) is 1. The highest BCUT2D eigenvalue weighted by Gasteiger charge is 2.32. The predicted molar refractivity (Wildman–Crippen MR) is 90.6 cm³/mol. The first-order valence-electron chi connectivity index (χ1n) is 8.04. The van der Waals surface area contributed by atoms with E-state index in [0.29, 0.717) is 17.2 Å². The van der Waals surface area contributed by atoms with Crippen LogP contribution in [0.3, 0.4) is 0 Å². The van der Waals surface area contributed by atoms with Gasteiger partial charge in [-0.3, -0.25) is 10.1 Å². The molecular weight excluding hydrogens is 292 g/mol. The van der Waals surface area contributed by atoms with Gasteiger partial charge in [-0.1, -0.05) is 6.07 Å². The van der Waals surface area contributed by atoms with Crippen molar-refractivity contribution in [1.82, 2.24) is 4.90 Å². The molecular formula is C18H26N2O3. The molecule has 0 saturated heterocycles. The Hall–Kier alpha value is -2.04. The van der Waals surface area contributed by atoms with Gasteiger partial charge in [0.25, 0.3) is 5.91 Å². The average molecular weight is 318 g/mol. The van der Waals surface area contributed by atoms with E-state index in [1.165, 1.54) is 12.8 Å². The number of benzene rings is 1. The molecule has 1 unspecified atom stereocenters. The molecule has 1 fully saturated rings. The van der Waals surface area contributed by atoms with Gasteiger partial charge in [-0.15, -0.1) is 0 Å². The van der Waals surface area contributed by atoms with E-state index in [1.54, 1.807) is 49.9 Å². The zero-order valence-electron chi connectivity index (χ0n) is 14.6. The Balaban J connectivity index is 2.04. The summed E-state index contributed by atoms with van der Waals surface area (Å²) in [5.74, 6) is 0.587. The Morgan fingerprint density at radius 3 is 2.52 bits per heavy atom. The van der Waals surface area contributed by atoms with Crippen LogP contribution in [-0.4, -0.2) is 35.6 Å². The Bertz CT molecular complexity index is 588. The van der Waals surface area contributed by atoms with Gasteiger partial charge in [0.15, 0.2) is 0 Å². The van der Waals surface area contributed by atoms with Crippen LogP contribution in [-0.2, 0) is 4.74 Å². The smallest absolute Gasteiger partial charge is 0.412 e. The second-order valence-corrected chi connectivity index (χ2v) is 7.20. The number of carbonyl (C=O) groups excluding carboxylic acids is 2. The van der Waals surface area contributed by atoms with Gasteiger partial charge in [-0.05, 0) is 64.7 Å². The second-order valence-electron chi connectivity index (χ2n) is 7.20. The highest BCUT2D eigenvalue weighted by atomic mass is 16.6. The summed E-state index contributed by atoms with van der Waals surface area (Å²) in [6, 6.07) is 7.19. The maximum atomic E-state index is 12.6. The standard InChI is InChI=1S/C18H26N2O3/c1-12(13-9-10-13)20(5)16(21)14-7-6-8-15(11-14)19-17(22)23-18(2,3)4/h6-8,11-13H,9-10H2,1-5H3,(H,19,22). The van der Waals surface area contributed by atoms with Crippen LogP contribution in [0, 0.1) is 5.92 Å². The summed E-state index contributed by atoms with van der Waals surface area (Å²) in [5, 5.41) is 2.67. The average Bonchev–Trinajstić information content (AvgIpc) is 3.27. The fourth-order valence-corrected chi connectivity index (χ4v) is 2.43. The molecule has 1 aliphatic carbocycles. The number of rotatable bonds is 4. The van der Waals surface area contributed by atoms with Gasteiger partial charge in [0.05, 0.1) is 0 Å². The van der Waals surface area contributed by atoms with Crippen LogP contribution in [0.1, 0.15) is 50.9 Å². The van der Waals surface area contributed by atoms with Gasteiger partial charge >= 0.3 is 6.09 Å². The molecule has 2 rings (SSSR count). The molecule has 1 aromatic carbocycles. The minimum absolute atomic E-state index is 0.0303. The number of anilines is 1. The van der Waals surface area contributed by atoms with Crippen molar-refractivity contribution in [3.8, 4) is 0 Å². The summed E-state index contributed by atoms with van der Waals surface area (Å²) in [4.78, 5) is 26.2. The van der Waals surface area contributed by atoms with Crippen LogP contribution < -0.4 is 5.32 Å². The molecule has 1 aliphatic rings. The SMILES string of the molecule is CC(C1CC1)N(C)C(=O)c1cccc(NC(=O)OC(C)(C)C)c1. The Morgan fingerprint density at radius 2 is 1.96 bits per heavy atom. The molecule has 0 heterocycles. The molecule has 0 aromatic heterocycles. The van der Waals surface area contributed by atoms with E-state index in [1.807, 2.05) is 7.05 Å². The second kappa shape index (κ2) is 6.60. The van der Waals surface area contributed by atoms with Crippen LogP contribution in [0.15, 0.2) is 24.3 Å². The van der Waals surface area contributed by atoms with Crippen molar-refractivity contribution < 1.29 is 14.3 Å². The van der Waals surface area contributed by atoms with Crippen molar-refractivity contribution in [3.05, 3.63) is 29.8 Å². The molecule has 1 atom stereocenters. The first kappa shape index (κ1) is 17.3. The van der Waals surface area contributed by atoms with E-state index >= 15 is 0 Å². The molecule has 0 bridgehead atoms. The van der Waals surface area contributed by atoms with Crippen molar-refractivity contribution in [2.24, 2.45) is 5.92 Å². The maximum Gasteiger partial charge on any atom is 0.412 e. The highest BCUT2D eigenvalue weighted by Crippen LogP contribution is 2.35. The quantitative estimate of drug-likeness (QED) is 0.916. The number of hydrogen-bond acceptors (Lipinski definition) is 3. The number of carbonyl (C=O) groups is 2. The Kier molecular flexibility index (Phi) is 4.97. The minimum atomic E-state index is -0.558. The Morgan fingerprint density at radius 1 is 1.30 bits per heavy atom. The van der Waals surface area contributed by atoms with Crippen LogP contribution in [0.4, 0.5) is 10.5 Å². The normalized spacial score (nSPS) is 15.7. The fraction of sp³-hybridized carbons (Fsp3) is 0.556. The third-order valence-electron chi connectivity index (χ3n) is 3.99. The monoisotopic (exact) mass is 318 g/mol. The molecule has 0 spiro atoms. The van der Waals surface area contributed by atoms with Gasteiger partial charge in [0.1, 0.15) is 5.60 Å². The van der Waals surface area contributed by atoms with Crippen molar-refractivity contribution in [1.29, 1.82) is 0 Å². The summed E-state index contributed by atoms with van der Waals surface area (Å²) in [6.45, 7) is 7.50. The molecule has 5 heteroatoms. The summed E-state index contributed by atoms with van der Waals surface area (Å²) in [6.07, 6.45) is 1.86. The van der Waals surface area contributed by atoms with Crippen LogP contribution in [0.5, 0.6) is 0 Å². The lowest BCUT2D eigenvalue weighted by atomic mass is 10.1. The van der Waals surface area contributed by atoms with Gasteiger partial charge < -0.3 is 9.64 Å². The van der Waals surface area contributed by atoms with Crippen molar-refractivity contribution in [2.75, 3.05) is 12.4 Å². The maximum absolute atomic E-state index is 12.6. The van der Waals surface area contributed by atoms with E-state index in [9.17, 15) is 9.59 Å². The molecule has 1 aromatic rings. The molecule has 0 radical (unpaired) electrons. The predicted octanol–water partition coefficient (Wildman–Crippen LogP) is 3.90. The molecule has 23 heavy (non-hydrogen) atoms. The van der Waals surface area contributed by atoms with E-state index in [2.05, 4.69) is 12.2 Å². The summed E-state index contributed by atoms with van der Waals surface area (Å²) < 4.78 is 5.22. The zero-order chi connectivity index (χ0) is 17.2. The molecule has 0 aliphatic heterocycles. The van der Waals surface area contributed by atoms with Crippen LogP contribution in [0.2, 0.25) is 0 Å². The largest absolute Gasteiger partial charge is 0.444 e. The molecule has 5 nitrogen and oxygen atoms in total. The molecule has 126 valence electrons. The zero-order valence-corrected chi connectivity index (χ0v) is 14.6. The topological polar surface area (TPSA) is 58.6 Å². The third kappa shape index (κ3) is 4.98. The van der Waals surface area contributed by atoms with E-state index in [4.69, 9.17) is 4.74 Å². The van der Waals surface area contributed by atoms with E-state index in [0.717, 1.165) is 0 Å². The fourth-order valence-electron chi connectivity index (χ4n) is 2.43. The summed E-state index contributed by atoms with van der Waals surface area (Å²) in [5.41, 5.74) is 0.559. The van der Waals surface area contributed by atoms with Crippen molar-refractivity contribution in [3.63, 3.8) is 0 Å². The first-order valence-corrected chi connectivity index (χ1v) is 8.04. The van der Waals surface area contributed by atoms with E-state index < -0.39 is 11.7 Å². The minimum Gasteiger partial charge on any atom is -0.444 e. The summed E-state index contributed by atoms with van der Waals surface area (Å²) >= 11 is 0. The van der Waals surface area contributed by atoms with Crippen molar-refractivity contribution >= 4 is 17.7 Å². The molecule has 1 N–H and O–H groups in total. The lowest BCUT2D eigenvalue weighted by Gasteiger charge is -2.25. The van der Waals surface area contributed by atoms with Gasteiger partial charge in [0.2, 0.25) is 0 Å². The lowest BCUT2D eigenvalue weighted by molar-refractivity contribution is 0.0634. The number of amides is 2. The van der Waals surface area contributed by atoms with E-state index in [-0.39, 0.29) is 11.9 Å². The number of nitrogens with zero attached hydrogens (tertiary/aromatic N) is 1. The van der Waals surface area contributed by atoms with Gasteiger partial charge in [-0.2, -0.15) is 0 Å². The molecule has 2 amide bonds. The van der Waals surface area contributed by atoms with Crippen molar-refractivity contribution in [2.45, 2.75) is 52.2 Å². The van der Waals surface area contributed by atoms with Crippen LogP contribution >= 0.6 is 0 Å². The highest BCUT2D eigenvalue weighted by molar-refractivity contribution is 5.96. The molecule has 1 saturated carbocycles. The number of nitrogens with one attached hydrogen (secondary N) is 1. The van der Waals surface area contributed by atoms with Crippen LogP contribution in [0.25, 0.3) is 0 Å². The first-order chi connectivity index (χ1) is 10.7. The summed E-state index contributed by atoms with van der Waals surface area (Å²) in [7, 11) is 1.83. The Labute approximate surface area is 138 Å². The van der Waals surface area contributed by atoms with Gasteiger partial charge in [-0.25, -0.2) is 4.79 Å².